The second-order valence-corrected chi connectivity index (χ2v) is 9.89. The van der Waals surface area contributed by atoms with Gasteiger partial charge in [-0.25, -0.2) is 8.42 Å². The molecule has 0 bridgehead atoms. The maximum atomic E-state index is 13.1. The monoisotopic (exact) mass is 447 g/mol. The summed E-state index contributed by atoms with van der Waals surface area (Å²) in [6, 6.07) is 4.63. The molecule has 0 aliphatic carbocycles. The number of rotatable bonds is 4. The molecular weight excluding hydrogens is 419 g/mol. The topological polar surface area (TPSA) is 60.9 Å². The summed E-state index contributed by atoms with van der Waals surface area (Å²) < 4.78 is 65.6. The number of carbonyl (C=O) groups excluding carboxylic acids is 1. The molecule has 2 aliphatic rings. The Balaban J connectivity index is 1.76. The number of piperidine rings is 1. The molecule has 168 valence electrons. The summed E-state index contributed by atoms with van der Waals surface area (Å²) in [6.07, 6.45) is -1.19. The first-order valence-electron chi connectivity index (χ1n) is 10.3. The third-order valence-corrected chi connectivity index (χ3v) is 7.69. The first-order valence-corrected chi connectivity index (χ1v) is 11.7. The van der Waals surface area contributed by atoms with Crippen LogP contribution in [0.2, 0.25) is 0 Å². The quantitative estimate of drug-likeness (QED) is 0.712. The number of hydrogen-bond donors (Lipinski definition) is 0. The maximum absolute atomic E-state index is 13.1. The molecule has 1 aromatic carbocycles. The molecule has 3 rings (SSSR count). The Hall–Kier alpha value is -1.65. The Bertz CT molecular complexity index is 868. The van der Waals surface area contributed by atoms with Gasteiger partial charge in [-0.1, -0.05) is 12.5 Å². The Kier molecular flexibility index (Phi) is 7.09. The molecule has 6 nitrogen and oxygen atoms in total. The van der Waals surface area contributed by atoms with Crippen LogP contribution in [-0.4, -0.2) is 80.4 Å². The molecule has 2 fully saturated rings. The van der Waals surface area contributed by atoms with Crippen molar-refractivity contribution in [3.63, 3.8) is 0 Å². The molecule has 2 saturated heterocycles. The summed E-state index contributed by atoms with van der Waals surface area (Å²) in [7, 11) is -3.69. The highest BCUT2D eigenvalue weighted by Gasteiger charge is 2.32. The molecule has 2 aliphatic heterocycles. The largest absolute Gasteiger partial charge is 0.401 e. The van der Waals surface area contributed by atoms with E-state index >= 15 is 0 Å². The fourth-order valence-corrected chi connectivity index (χ4v) is 5.79. The van der Waals surface area contributed by atoms with Crippen molar-refractivity contribution in [2.24, 2.45) is 0 Å². The molecular formula is C20H28F3N3O3S. The summed E-state index contributed by atoms with van der Waals surface area (Å²) in [5.41, 5.74) is 0.824. The molecule has 0 N–H and O–H groups in total. The molecule has 0 saturated carbocycles. The predicted molar refractivity (Wildman–Crippen MR) is 107 cm³/mol. The van der Waals surface area contributed by atoms with E-state index in [1.54, 1.807) is 19.1 Å². The van der Waals surface area contributed by atoms with Crippen LogP contribution in [0.25, 0.3) is 0 Å². The molecule has 10 heteroatoms. The van der Waals surface area contributed by atoms with Crippen molar-refractivity contribution in [3.05, 3.63) is 29.3 Å². The van der Waals surface area contributed by atoms with E-state index in [2.05, 4.69) is 0 Å². The SMILES string of the molecule is Cc1ccc(C(=O)N2CCCN(CC(F)(F)F)CC2)cc1S(=O)(=O)N1CCCCC1. The van der Waals surface area contributed by atoms with E-state index < -0.39 is 22.7 Å². The normalized spacial score (nSPS) is 20.2. The molecule has 0 atom stereocenters. The number of aryl methyl sites for hydroxylation is 1. The maximum Gasteiger partial charge on any atom is 0.401 e. The van der Waals surface area contributed by atoms with Gasteiger partial charge in [-0.15, -0.1) is 0 Å². The van der Waals surface area contributed by atoms with Crippen LogP contribution in [0.1, 0.15) is 41.6 Å². The minimum Gasteiger partial charge on any atom is -0.337 e. The highest BCUT2D eigenvalue weighted by atomic mass is 32.2. The van der Waals surface area contributed by atoms with E-state index in [0.717, 1.165) is 19.3 Å². The third-order valence-electron chi connectivity index (χ3n) is 5.65. The molecule has 1 amide bonds. The number of hydrogen-bond acceptors (Lipinski definition) is 4. The van der Waals surface area contributed by atoms with Gasteiger partial charge < -0.3 is 4.90 Å². The summed E-state index contributed by atoms with van der Waals surface area (Å²) in [6.45, 7) is 2.58. The van der Waals surface area contributed by atoms with Crippen molar-refractivity contribution in [1.29, 1.82) is 0 Å². The Morgan fingerprint density at radius 2 is 1.67 bits per heavy atom. The number of carbonyl (C=O) groups is 1. The van der Waals surface area contributed by atoms with Gasteiger partial charge >= 0.3 is 6.18 Å². The number of sulfonamides is 1. The van der Waals surface area contributed by atoms with Crippen LogP contribution in [0.3, 0.4) is 0 Å². The first-order chi connectivity index (χ1) is 14.1. The number of benzene rings is 1. The van der Waals surface area contributed by atoms with E-state index in [4.69, 9.17) is 0 Å². The van der Waals surface area contributed by atoms with E-state index in [1.807, 2.05) is 0 Å². The molecule has 2 heterocycles. The first kappa shape index (κ1) is 23.0. The van der Waals surface area contributed by atoms with Gasteiger partial charge in [0.25, 0.3) is 5.91 Å². The summed E-state index contributed by atoms with van der Waals surface area (Å²) >= 11 is 0. The van der Waals surface area contributed by atoms with Crippen LogP contribution in [-0.2, 0) is 10.0 Å². The minimum atomic E-state index is -4.27. The molecule has 0 radical (unpaired) electrons. The zero-order valence-electron chi connectivity index (χ0n) is 17.1. The van der Waals surface area contributed by atoms with Crippen LogP contribution >= 0.6 is 0 Å². The Morgan fingerprint density at radius 3 is 2.33 bits per heavy atom. The predicted octanol–water partition coefficient (Wildman–Crippen LogP) is 2.88. The van der Waals surface area contributed by atoms with Crippen molar-refractivity contribution in [3.8, 4) is 0 Å². The lowest BCUT2D eigenvalue weighted by atomic mass is 10.1. The zero-order chi connectivity index (χ0) is 21.9. The number of alkyl halides is 3. The van der Waals surface area contributed by atoms with Crippen LogP contribution in [0, 0.1) is 6.92 Å². The second kappa shape index (κ2) is 9.23. The van der Waals surface area contributed by atoms with Gasteiger partial charge in [0, 0.05) is 44.8 Å². The van der Waals surface area contributed by atoms with Crippen molar-refractivity contribution >= 4 is 15.9 Å². The fraction of sp³-hybridized carbons (Fsp3) is 0.650. The molecule has 0 spiro atoms. The summed E-state index contributed by atoms with van der Waals surface area (Å²) in [5, 5.41) is 0. The van der Waals surface area contributed by atoms with Crippen molar-refractivity contribution < 1.29 is 26.4 Å². The van der Waals surface area contributed by atoms with Crippen molar-refractivity contribution in [2.75, 3.05) is 45.8 Å². The Morgan fingerprint density at radius 1 is 0.967 bits per heavy atom. The van der Waals surface area contributed by atoms with E-state index in [-0.39, 0.29) is 36.0 Å². The fourth-order valence-electron chi connectivity index (χ4n) is 4.02. The van der Waals surface area contributed by atoms with Gasteiger partial charge in [-0.05, 0) is 43.9 Å². The summed E-state index contributed by atoms with van der Waals surface area (Å²) in [5.74, 6) is -0.348. The number of nitrogens with zero attached hydrogens (tertiary/aromatic N) is 3. The highest BCUT2D eigenvalue weighted by molar-refractivity contribution is 7.89. The molecule has 30 heavy (non-hydrogen) atoms. The Labute approximate surface area is 175 Å². The second-order valence-electron chi connectivity index (χ2n) is 7.98. The van der Waals surface area contributed by atoms with Crippen molar-refractivity contribution in [1.82, 2.24) is 14.1 Å². The average molecular weight is 448 g/mol. The lowest BCUT2D eigenvalue weighted by molar-refractivity contribution is -0.145. The lowest BCUT2D eigenvalue weighted by Crippen LogP contribution is -2.38. The molecule has 0 unspecified atom stereocenters. The van der Waals surface area contributed by atoms with E-state index in [9.17, 15) is 26.4 Å². The third kappa shape index (κ3) is 5.53. The van der Waals surface area contributed by atoms with Crippen molar-refractivity contribution in [2.45, 2.75) is 43.7 Å². The van der Waals surface area contributed by atoms with Crippen LogP contribution in [0.15, 0.2) is 23.1 Å². The smallest absolute Gasteiger partial charge is 0.337 e. The number of halogens is 3. The zero-order valence-corrected chi connectivity index (χ0v) is 17.9. The lowest BCUT2D eigenvalue weighted by Gasteiger charge is -2.27. The molecule has 0 aromatic heterocycles. The van der Waals surface area contributed by atoms with E-state index in [1.165, 1.54) is 20.2 Å². The van der Waals surface area contributed by atoms with Crippen LogP contribution in [0.4, 0.5) is 13.2 Å². The van der Waals surface area contributed by atoms with Gasteiger partial charge in [0.15, 0.2) is 0 Å². The van der Waals surface area contributed by atoms with Crippen LogP contribution < -0.4 is 0 Å². The molecule has 1 aromatic rings. The van der Waals surface area contributed by atoms with E-state index in [0.29, 0.717) is 31.6 Å². The average Bonchev–Trinajstić information content (AvgIpc) is 2.92. The van der Waals surface area contributed by atoms with Gasteiger partial charge in [0.1, 0.15) is 0 Å². The van der Waals surface area contributed by atoms with Gasteiger partial charge in [-0.3, -0.25) is 9.69 Å². The van der Waals surface area contributed by atoms with Crippen LogP contribution in [0.5, 0.6) is 0 Å². The minimum absolute atomic E-state index is 0.128. The highest BCUT2D eigenvalue weighted by Crippen LogP contribution is 2.25. The standard InChI is InChI=1S/C20H28F3N3O3S/c1-16-6-7-17(14-18(16)30(28,29)26-10-3-2-4-11-26)19(27)25-9-5-8-24(12-13-25)15-20(21,22)23/h6-7,14H,2-5,8-13,15H2,1H3. The number of amides is 1. The summed E-state index contributed by atoms with van der Waals surface area (Å²) in [4.78, 5) is 15.9. The van der Waals surface area contributed by atoms with Gasteiger partial charge in [-0.2, -0.15) is 17.5 Å². The van der Waals surface area contributed by atoms with Gasteiger partial charge in [0.05, 0.1) is 11.4 Å². The van der Waals surface area contributed by atoms with Gasteiger partial charge in [0.2, 0.25) is 10.0 Å².